The fourth-order valence-corrected chi connectivity index (χ4v) is 4.07. The van der Waals surface area contributed by atoms with Crippen molar-refractivity contribution in [2.45, 2.75) is 70.8 Å². The van der Waals surface area contributed by atoms with E-state index in [0.29, 0.717) is 5.92 Å². The summed E-state index contributed by atoms with van der Waals surface area (Å²) in [5, 5.41) is 11.1. The van der Waals surface area contributed by atoms with Crippen LogP contribution in [-0.4, -0.2) is 35.2 Å². The molecule has 2 fully saturated rings. The molecule has 0 aromatic heterocycles. The van der Waals surface area contributed by atoms with Crippen LogP contribution in [0, 0.1) is 11.8 Å². The smallest absolute Gasteiger partial charge is 0.0688 e. The largest absolute Gasteiger partial charge is 0.390 e. The van der Waals surface area contributed by atoms with Gasteiger partial charge in [0.15, 0.2) is 0 Å². The summed E-state index contributed by atoms with van der Waals surface area (Å²) >= 11 is 0. The zero-order chi connectivity index (χ0) is 13.0. The topological polar surface area (TPSA) is 23.5 Å². The highest BCUT2D eigenvalue weighted by Crippen LogP contribution is 2.41. The molecule has 1 saturated carbocycles. The predicted octanol–water partition coefficient (Wildman–Crippen LogP) is 3.44. The van der Waals surface area contributed by atoms with E-state index in [1.807, 2.05) is 0 Å². The Morgan fingerprint density at radius 3 is 2.67 bits per heavy atom. The van der Waals surface area contributed by atoms with Crippen molar-refractivity contribution >= 4 is 0 Å². The Bertz CT molecular complexity index is 255. The molecule has 18 heavy (non-hydrogen) atoms. The molecule has 0 aromatic rings. The highest BCUT2D eigenvalue weighted by Gasteiger charge is 2.39. The lowest BCUT2D eigenvalue weighted by Crippen LogP contribution is -2.41. The molecule has 2 rings (SSSR count). The minimum absolute atomic E-state index is 0.349. The second kappa shape index (κ2) is 6.38. The highest BCUT2D eigenvalue weighted by atomic mass is 16.3. The normalized spacial score (nSPS) is 39.5. The molecule has 3 unspecified atom stereocenters. The Morgan fingerprint density at radius 2 is 1.94 bits per heavy atom. The van der Waals surface area contributed by atoms with Crippen molar-refractivity contribution < 1.29 is 5.11 Å². The first kappa shape index (κ1) is 14.3. The Balaban J connectivity index is 1.96. The van der Waals surface area contributed by atoms with E-state index in [0.717, 1.165) is 31.8 Å². The molecule has 3 atom stereocenters. The minimum Gasteiger partial charge on any atom is -0.390 e. The van der Waals surface area contributed by atoms with Gasteiger partial charge in [-0.25, -0.2) is 0 Å². The van der Waals surface area contributed by atoms with Gasteiger partial charge in [0.25, 0.3) is 0 Å². The first-order valence-corrected chi connectivity index (χ1v) is 8.12. The average molecular weight is 253 g/mol. The van der Waals surface area contributed by atoms with Crippen LogP contribution in [0.15, 0.2) is 0 Å². The molecule has 0 aromatic carbocycles. The first-order valence-electron chi connectivity index (χ1n) is 8.12. The van der Waals surface area contributed by atoms with E-state index in [1.165, 1.54) is 45.1 Å². The average Bonchev–Trinajstić information content (AvgIpc) is 2.61. The van der Waals surface area contributed by atoms with Gasteiger partial charge in [-0.1, -0.05) is 33.1 Å². The van der Waals surface area contributed by atoms with Crippen molar-refractivity contribution in [3.05, 3.63) is 0 Å². The maximum absolute atomic E-state index is 11.1. The molecule has 0 bridgehead atoms. The fourth-order valence-electron chi connectivity index (χ4n) is 4.07. The molecular formula is C16H31NO. The van der Waals surface area contributed by atoms with Gasteiger partial charge in [0.1, 0.15) is 0 Å². The van der Waals surface area contributed by atoms with Crippen molar-refractivity contribution in [2.75, 3.05) is 19.6 Å². The van der Waals surface area contributed by atoms with Gasteiger partial charge in [0.2, 0.25) is 0 Å². The summed E-state index contributed by atoms with van der Waals surface area (Å²) in [5.74, 6) is 1.45. The van der Waals surface area contributed by atoms with Gasteiger partial charge >= 0.3 is 0 Å². The van der Waals surface area contributed by atoms with E-state index in [4.69, 9.17) is 0 Å². The standard InChI is InChI=1S/C16H31NO/c1-3-14-7-5-8-15(13-14)16(18)9-6-11-17(4-2)12-10-16/h14-15,18H,3-13H2,1-2H3. The Hall–Kier alpha value is -0.0800. The monoisotopic (exact) mass is 253 g/mol. The molecular weight excluding hydrogens is 222 g/mol. The summed E-state index contributed by atoms with van der Waals surface area (Å²) in [5.41, 5.74) is -0.349. The summed E-state index contributed by atoms with van der Waals surface area (Å²) in [6, 6.07) is 0. The van der Waals surface area contributed by atoms with E-state index in [1.54, 1.807) is 0 Å². The van der Waals surface area contributed by atoms with Crippen LogP contribution in [0.2, 0.25) is 0 Å². The lowest BCUT2D eigenvalue weighted by Gasteiger charge is -2.40. The molecule has 0 radical (unpaired) electrons. The highest BCUT2D eigenvalue weighted by molar-refractivity contribution is 4.92. The van der Waals surface area contributed by atoms with E-state index in [2.05, 4.69) is 18.7 Å². The summed E-state index contributed by atoms with van der Waals surface area (Å²) in [6.45, 7) is 7.96. The van der Waals surface area contributed by atoms with Crippen LogP contribution in [0.3, 0.4) is 0 Å². The molecule has 2 aliphatic rings. The summed E-state index contributed by atoms with van der Waals surface area (Å²) in [4.78, 5) is 2.50. The zero-order valence-electron chi connectivity index (χ0n) is 12.3. The summed E-state index contributed by atoms with van der Waals surface area (Å²) in [6.07, 6.45) is 9.78. The first-order chi connectivity index (χ1) is 8.68. The molecule has 1 aliphatic heterocycles. The van der Waals surface area contributed by atoms with Crippen molar-refractivity contribution in [1.29, 1.82) is 0 Å². The molecule has 1 N–H and O–H groups in total. The van der Waals surface area contributed by atoms with Gasteiger partial charge in [-0.15, -0.1) is 0 Å². The van der Waals surface area contributed by atoms with E-state index >= 15 is 0 Å². The number of hydrogen-bond acceptors (Lipinski definition) is 2. The van der Waals surface area contributed by atoms with Crippen LogP contribution in [0.25, 0.3) is 0 Å². The predicted molar refractivity (Wildman–Crippen MR) is 76.7 cm³/mol. The maximum atomic E-state index is 11.1. The van der Waals surface area contributed by atoms with Gasteiger partial charge in [-0.3, -0.25) is 0 Å². The van der Waals surface area contributed by atoms with Crippen LogP contribution in [0.5, 0.6) is 0 Å². The third-order valence-corrected chi connectivity index (χ3v) is 5.51. The molecule has 2 nitrogen and oxygen atoms in total. The molecule has 1 aliphatic carbocycles. The Morgan fingerprint density at radius 1 is 1.11 bits per heavy atom. The van der Waals surface area contributed by atoms with Crippen LogP contribution in [-0.2, 0) is 0 Å². The lowest BCUT2D eigenvalue weighted by atomic mass is 9.69. The van der Waals surface area contributed by atoms with Crippen molar-refractivity contribution in [1.82, 2.24) is 4.90 Å². The minimum atomic E-state index is -0.349. The van der Waals surface area contributed by atoms with Crippen LogP contribution < -0.4 is 0 Å². The van der Waals surface area contributed by atoms with Crippen LogP contribution in [0.4, 0.5) is 0 Å². The summed E-state index contributed by atoms with van der Waals surface area (Å²) in [7, 11) is 0. The number of aliphatic hydroxyl groups is 1. The van der Waals surface area contributed by atoms with Gasteiger partial charge < -0.3 is 10.0 Å². The van der Waals surface area contributed by atoms with Crippen molar-refractivity contribution in [3.63, 3.8) is 0 Å². The lowest BCUT2D eigenvalue weighted by molar-refractivity contribution is -0.0524. The number of nitrogens with zero attached hydrogens (tertiary/aromatic N) is 1. The second-order valence-corrected chi connectivity index (χ2v) is 6.53. The van der Waals surface area contributed by atoms with E-state index < -0.39 is 0 Å². The van der Waals surface area contributed by atoms with Crippen molar-refractivity contribution in [3.8, 4) is 0 Å². The van der Waals surface area contributed by atoms with Gasteiger partial charge in [0, 0.05) is 6.54 Å². The molecule has 1 heterocycles. The fraction of sp³-hybridized carbons (Fsp3) is 1.00. The van der Waals surface area contributed by atoms with Crippen LogP contribution in [0.1, 0.15) is 65.2 Å². The molecule has 2 heteroatoms. The molecule has 0 amide bonds. The van der Waals surface area contributed by atoms with Gasteiger partial charge in [0.05, 0.1) is 5.60 Å². The molecule has 1 saturated heterocycles. The quantitative estimate of drug-likeness (QED) is 0.833. The van der Waals surface area contributed by atoms with Crippen molar-refractivity contribution in [2.24, 2.45) is 11.8 Å². The third kappa shape index (κ3) is 3.27. The number of rotatable bonds is 3. The van der Waals surface area contributed by atoms with E-state index in [9.17, 15) is 5.11 Å². The maximum Gasteiger partial charge on any atom is 0.0688 e. The number of likely N-dealkylation sites (tertiary alicyclic amines) is 1. The van der Waals surface area contributed by atoms with Gasteiger partial charge in [-0.2, -0.15) is 0 Å². The SMILES string of the molecule is CCC1CCCC(C2(O)CCCN(CC)CC2)C1. The Labute approximate surface area is 113 Å². The number of hydrogen-bond donors (Lipinski definition) is 1. The second-order valence-electron chi connectivity index (χ2n) is 6.53. The molecule has 0 spiro atoms. The molecule has 106 valence electrons. The third-order valence-electron chi connectivity index (χ3n) is 5.51. The van der Waals surface area contributed by atoms with Crippen LogP contribution >= 0.6 is 0 Å². The Kier molecular flexibility index (Phi) is 5.08. The zero-order valence-corrected chi connectivity index (χ0v) is 12.3. The summed E-state index contributed by atoms with van der Waals surface area (Å²) < 4.78 is 0. The van der Waals surface area contributed by atoms with Gasteiger partial charge in [-0.05, 0) is 57.0 Å². The van der Waals surface area contributed by atoms with E-state index in [-0.39, 0.29) is 5.60 Å².